The molecule has 0 radical (unpaired) electrons. The summed E-state index contributed by atoms with van der Waals surface area (Å²) >= 11 is 0. The van der Waals surface area contributed by atoms with Crippen LogP contribution >= 0.6 is 0 Å². The summed E-state index contributed by atoms with van der Waals surface area (Å²) in [5.74, 6) is 0. The Labute approximate surface area is 46.8 Å². The average Bonchev–Trinajstić information content (AvgIpc) is 0.918. The molecule has 0 heterocycles. The third kappa shape index (κ3) is 12.6. The normalized spacial score (nSPS) is 4.50. The minimum Gasteiger partial charge on any atom is -0.221 e. The maximum atomic E-state index is 6.62. The Balaban J connectivity index is 0. The van der Waals surface area contributed by atoms with Crippen molar-refractivity contribution >= 4 is 0 Å². The molecular formula is H2O3U. The molecule has 0 atom stereocenters. The molecule has 0 aromatic carbocycles. The fraction of sp³-hybridized carbons (Fsp3) is 0. The van der Waals surface area contributed by atoms with Crippen LogP contribution in [-0.2, 0) is 5.04 Å². The minimum absolute atomic E-state index is 0. The van der Waals surface area contributed by atoms with Crippen LogP contribution in [0.4, 0.5) is 0 Å². The second kappa shape index (κ2) is 9.06. The molecule has 0 aromatic rings. The third-order valence-electron chi connectivity index (χ3n) is 0. The van der Waals surface area contributed by atoms with Gasteiger partial charge < -0.3 is 0 Å². The summed E-state index contributed by atoms with van der Waals surface area (Å²) < 4.78 is 0. The fourth-order valence-electron chi connectivity index (χ4n) is 0. The molecule has 24 valence electrons. The first kappa shape index (κ1) is 8.87. The van der Waals surface area contributed by atoms with Crippen molar-refractivity contribution in [3.8, 4) is 0 Å². The van der Waals surface area contributed by atoms with Crippen molar-refractivity contribution in [2.24, 2.45) is 0 Å². The van der Waals surface area contributed by atoms with E-state index in [1.807, 2.05) is 0 Å². The van der Waals surface area contributed by atoms with Crippen molar-refractivity contribution in [3.63, 3.8) is 0 Å². The zero-order chi connectivity index (χ0) is 2.71. The molecule has 0 amide bonds. The third-order valence-corrected chi connectivity index (χ3v) is 0. The zero-order valence-electron chi connectivity index (χ0n) is 1.80. The predicted octanol–water partition coefficient (Wildman–Crippen LogP) is -0.0510. The van der Waals surface area contributed by atoms with Crippen LogP contribution in [0.3, 0.4) is 0 Å². The average molecular weight is 288 g/mol. The molecule has 4 heavy (non-hydrogen) atoms. The number of rotatable bonds is 0. The quantitative estimate of drug-likeness (QED) is 0.485. The van der Waals surface area contributed by atoms with Crippen LogP contribution in [0.25, 0.3) is 0 Å². The number of hydrogen-bond donors (Lipinski definition) is 2. The molecule has 0 spiro atoms. The van der Waals surface area contributed by atoms with Gasteiger partial charge in [0.1, 0.15) is 0 Å². The first-order valence-electron chi connectivity index (χ1n) is 0.365. The summed E-state index contributed by atoms with van der Waals surface area (Å²) in [7, 11) is 0. The number of hydrogen-bond acceptors (Lipinski definition) is 3. The Bertz CT molecular complexity index is 3.25. The molecule has 2 N–H and O–H groups in total. The standard InChI is InChI=1S/H2O3.U/c1-3-2;/h1-2H;. The monoisotopic (exact) mass is 288 g/mol. The molecule has 0 aliphatic heterocycles. The van der Waals surface area contributed by atoms with Gasteiger partial charge in [0.2, 0.25) is 0 Å². The Morgan fingerprint density at radius 1 is 1.25 bits per heavy atom. The maximum Gasteiger partial charge on any atom is 0 e. The van der Waals surface area contributed by atoms with Crippen molar-refractivity contribution in [1.29, 1.82) is 0 Å². The Hall–Kier alpha value is 0.932. The van der Waals surface area contributed by atoms with Crippen molar-refractivity contribution in [2.45, 2.75) is 0 Å². The van der Waals surface area contributed by atoms with E-state index >= 15 is 0 Å². The molecule has 0 saturated heterocycles. The van der Waals surface area contributed by atoms with Gasteiger partial charge in [-0.2, -0.15) is 0 Å². The van der Waals surface area contributed by atoms with Crippen LogP contribution in [0, 0.1) is 31.1 Å². The van der Waals surface area contributed by atoms with Gasteiger partial charge >= 0.3 is 0 Å². The Morgan fingerprint density at radius 2 is 1.25 bits per heavy atom. The van der Waals surface area contributed by atoms with E-state index < -0.39 is 0 Å². The molecule has 0 fully saturated rings. The van der Waals surface area contributed by atoms with Gasteiger partial charge in [0.05, 0.1) is 0 Å². The van der Waals surface area contributed by atoms with Gasteiger partial charge in [-0.1, -0.05) is 5.04 Å². The molecule has 0 aliphatic carbocycles. The summed E-state index contributed by atoms with van der Waals surface area (Å²) in [6, 6.07) is 0. The van der Waals surface area contributed by atoms with Crippen LogP contribution < -0.4 is 0 Å². The summed E-state index contributed by atoms with van der Waals surface area (Å²) in [5, 5.41) is 15.5. The van der Waals surface area contributed by atoms with Gasteiger partial charge in [-0.05, 0) is 0 Å². The molecular weight excluding hydrogens is 286 g/mol. The Kier molecular flexibility index (Phi) is 20.1. The molecule has 0 saturated carbocycles. The largest absolute Gasteiger partial charge is 0.221 e. The fourth-order valence-corrected chi connectivity index (χ4v) is 0. The van der Waals surface area contributed by atoms with Crippen molar-refractivity contribution < 1.29 is 46.7 Å². The van der Waals surface area contributed by atoms with Crippen LogP contribution in [0.2, 0.25) is 0 Å². The molecule has 0 aliphatic rings. The summed E-state index contributed by atoms with van der Waals surface area (Å²) in [6.07, 6.45) is 0. The minimum atomic E-state index is 0. The summed E-state index contributed by atoms with van der Waals surface area (Å²) in [4.78, 5) is 0. The summed E-state index contributed by atoms with van der Waals surface area (Å²) in [6.45, 7) is 0. The van der Waals surface area contributed by atoms with E-state index in [0.717, 1.165) is 0 Å². The smallest absolute Gasteiger partial charge is 0 e. The second-order valence-electron chi connectivity index (χ2n) is 0.0816. The SMILES string of the molecule is OOO.[U]. The van der Waals surface area contributed by atoms with Gasteiger partial charge in [0, 0.05) is 31.1 Å². The summed E-state index contributed by atoms with van der Waals surface area (Å²) in [5.41, 5.74) is 0. The van der Waals surface area contributed by atoms with Gasteiger partial charge in [-0.25, -0.2) is 10.5 Å². The van der Waals surface area contributed by atoms with Crippen molar-refractivity contribution in [1.82, 2.24) is 0 Å². The first-order valence-corrected chi connectivity index (χ1v) is 0.365. The van der Waals surface area contributed by atoms with E-state index in [2.05, 4.69) is 5.04 Å². The van der Waals surface area contributed by atoms with Crippen LogP contribution in [-0.4, -0.2) is 10.5 Å². The maximum absolute atomic E-state index is 6.62. The predicted molar refractivity (Wildman–Crippen MR) is 6.34 cm³/mol. The van der Waals surface area contributed by atoms with E-state index in [-0.39, 0.29) is 31.1 Å². The molecule has 0 unspecified atom stereocenters. The van der Waals surface area contributed by atoms with Crippen LogP contribution in [0.15, 0.2) is 0 Å². The van der Waals surface area contributed by atoms with Crippen molar-refractivity contribution in [3.05, 3.63) is 0 Å². The van der Waals surface area contributed by atoms with Gasteiger partial charge in [-0.3, -0.25) is 0 Å². The topological polar surface area (TPSA) is 49.7 Å². The molecule has 3 nitrogen and oxygen atoms in total. The van der Waals surface area contributed by atoms with Crippen LogP contribution in [0.5, 0.6) is 0 Å². The first-order chi connectivity index (χ1) is 1.41. The molecule has 4 heteroatoms. The van der Waals surface area contributed by atoms with Crippen LogP contribution in [0.1, 0.15) is 0 Å². The van der Waals surface area contributed by atoms with Gasteiger partial charge in [-0.15, -0.1) is 0 Å². The van der Waals surface area contributed by atoms with E-state index in [4.69, 9.17) is 10.5 Å². The second-order valence-corrected chi connectivity index (χ2v) is 0.0816. The zero-order valence-corrected chi connectivity index (χ0v) is 5.97. The molecule has 0 rings (SSSR count). The Morgan fingerprint density at radius 3 is 1.25 bits per heavy atom. The molecule has 0 aromatic heterocycles. The van der Waals surface area contributed by atoms with E-state index in [1.54, 1.807) is 0 Å². The van der Waals surface area contributed by atoms with E-state index in [0.29, 0.717) is 0 Å². The van der Waals surface area contributed by atoms with E-state index in [9.17, 15) is 0 Å². The van der Waals surface area contributed by atoms with Crippen molar-refractivity contribution in [2.75, 3.05) is 0 Å². The van der Waals surface area contributed by atoms with E-state index in [1.165, 1.54) is 0 Å². The van der Waals surface area contributed by atoms with Gasteiger partial charge in [0.15, 0.2) is 0 Å². The molecule has 0 bridgehead atoms. The van der Waals surface area contributed by atoms with Gasteiger partial charge in [0.25, 0.3) is 0 Å².